The average molecular weight is 198 g/mol. The van der Waals surface area contributed by atoms with Gasteiger partial charge in [0.25, 0.3) is 0 Å². The number of carbonyl (C=O) groups is 2. The Kier molecular flexibility index (Phi) is 2.96. The maximum atomic E-state index is 11.6. The largest absolute Gasteiger partial charge is 0.298 e. The molecule has 1 aliphatic carbocycles. The van der Waals surface area contributed by atoms with Crippen molar-refractivity contribution in [1.82, 2.24) is 0 Å². The molecule has 0 aliphatic heterocycles. The SMILES string of the molecule is CSC1=C(C=O)CC(C)(C)CC1=O. The standard InChI is InChI=1S/C10H14O2S/c1-10(2)4-7(6-11)9(13-3)8(12)5-10/h6H,4-5H2,1-3H3. The lowest BCUT2D eigenvalue weighted by Gasteiger charge is -2.29. The first-order chi connectivity index (χ1) is 6.00. The molecule has 0 saturated carbocycles. The topological polar surface area (TPSA) is 34.1 Å². The fraction of sp³-hybridized carbons (Fsp3) is 0.600. The molecule has 0 fully saturated rings. The van der Waals surface area contributed by atoms with E-state index in [0.717, 1.165) is 12.7 Å². The van der Waals surface area contributed by atoms with E-state index >= 15 is 0 Å². The van der Waals surface area contributed by atoms with E-state index in [2.05, 4.69) is 0 Å². The number of carbonyl (C=O) groups excluding carboxylic acids is 2. The molecule has 0 saturated heterocycles. The van der Waals surface area contributed by atoms with Crippen molar-refractivity contribution in [2.24, 2.45) is 5.41 Å². The lowest BCUT2D eigenvalue weighted by atomic mass is 9.77. The minimum Gasteiger partial charge on any atom is -0.298 e. The quantitative estimate of drug-likeness (QED) is 0.638. The van der Waals surface area contributed by atoms with Gasteiger partial charge in [-0.1, -0.05) is 13.8 Å². The summed E-state index contributed by atoms with van der Waals surface area (Å²) in [5.41, 5.74) is 0.626. The Balaban J connectivity index is 3.06. The molecule has 0 N–H and O–H groups in total. The highest BCUT2D eigenvalue weighted by Gasteiger charge is 2.32. The van der Waals surface area contributed by atoms with Crippen molar-refractivity contribution in [1.29, 1.82) is 0 Å². The molecule has 0 atom stereocenters. The Hall–Kier alpha value is -0.570. The summed E-state index contributed by atoms with van der Waals surface area (Å²) in [5, 5.41) is 0. The first-order valence-electron chi connectivity index (χ1n) is 4.26. The predicted molar refractivity (Wildman–Crippen MR) is 54.6 cm³/mol. The molecule has 2 nitrogen and oxygen atoms in total. The Morgan fingerprint density at radius 1 is 1.38 bits per heavy atom. The van der Waals surface area contributed by atoms with Crippen LogP contribution in [0.4, 0.5) is 0 Å². The fourth-order valence-corrected chi connectivity index (χ4v) is 2.37. The van der Waals surface area contributed by atoms with E-state index < -0.39 is 0 Å². The number of ketones is 1. The molecule has 0 amide bonds. The molecule has 1 aliphatic rings. The van der Waals surface area contributed by atoms with Gasteiger partial charge in [0.15, 0.2) is 5.78 Å². The van der Waals surface area contributed by atoms with Gasteiger partial charge >= 0.3 is 0 Å². The summed E-state index contributed by atoms with van der Waals surface area (Å²) in [6.07, 6.45) is 3.94. The van der Waals surface area contributed by atoms with Crippen molar-refractivity contribution in [2.45, 2.75) is 26.7 Å². The molecule has 3 heteroatoms. The number of hydrogen-bond acceptors (Lipinski definition) is 3. The van der Waals surface area contributed by atoms with Crippen molar-refractivity contribution in [2.75, 3.05) is 6.26 Å². The van der Waals surface area contributed by atoms with Gasteiger partial charge in [-0.05, 0) is 18.1 Å². The van der Waals surface area contributed by atoms with E-state index in [-0.39, 0.29) is 11.2 Å². The number of aldehydes is 1. The van der Waals surface area contributed by atoms with E-state index in [1.807, 2.05) is 20.1 Å². The Morgan fingerprint density at radius 3 is 2.46 bits per heavy atom. The number of allylic oxidation sites excluding steroid dienone is 2. The van der Waals surface area contributed by atoms with Crippen LogP contribution in [0.3, 0.4) is 0 Å². The third kappa shape index (κ3) is 2.21. The van der Waals surface area contributed by atoms with Gasteiger partial charge in [-0.25, -0.2) is 0 Å². The number of thioether (sulfide) groups is 1. The van der Waals surface area contributed by atoms with Gasteiger partial charge in [0.05, 0.1) is 4.91 Å². The monoisotopic (exact) mass is 198 g/mol. The summed E-state index contributed by atoms with van der Waals surface area (Å²) < 4.78 is 0. The molecule has 13 heavy (non-hydrogen) atoms. The fourth-order valence-electron chi connectivity index (χ4n) is 1.69. The molecule has 0 spiro atoms. The van der Waals surface area contributed by atoms with Crippen LogP contribution in [0.5, 0.6) is 0 Å². The number of hydrogen-bond donors (Lipinski definition) is 0. The molecule has 1 rings (SSSR count). The molecule has 0 aromatic rings. The zero-order chi connectivity index (χ0) is 10.1. The molecule has 72 valence electrons. The second kappa shape index (κ2) is 3.66. The highest BCUT2D eigenvalue weighted by Crippen LogP contribution is 2.38. The summed E-state index contributed by atoms with van der Waals surface area (Å²) in [6, 6.07) is 0. The van der Waals surface area contributed by atoms with E-state index in [4.69, 9.17) is 0 Å². The van der Waals surface area contributed by atoms with Crippen molar-refractivity contribution in [3.8, 4) is 0 Å². The average Bonchev–Trinajstić information content (AvgIpc) is 2.01. The van der Waals surface area contributed by atoms with Gasteiger partial charge in [-0.2, -0.15) is 0 Å². The predicted octanol–water partition coefficient (Wildman–Crippen LogP) is 2.19. The summed E-state index contributed by atoms with van der Waals surface area (Å²) in [4.78, 5) is 23.0. The summed E-state index contributed by atoms with van der Waals surface area (Å²) >= 11 is 1.39. The minimum absolute atomic E-state index is 0.0491. The summed E-state index contributed by atoms with van der Waals surface area (Å²) in [5.74, 6) is 0.117. The smallest absolute Gasteiger partial charge is 0.170 e. The van der Waals surface area contributed by atoms with Crippen LogP contribution in [0.15, 0.2) is 10.5 Å². The van der Waals surface area contributed by atoms with Crippen molar-refractivity contribution < 1.29 is 9.59 Å². The second-order valence-corrected chi connectivity index (χ2v) is 4.93. The van der Waals surface area contributed by atoms with Gasteiger partial charge in [-0.3, -0.25) is 9.59 Å². The van der Waals surface area contributed by atoms with Crippen LogP contribution < -0.4 is 0 Å². The molecular weight excluding hydrogens is 184 g/mol. The molecule has 0 unspecified atom stereocenters. The minimum atomic E-state index is -0.0491. The summed E-state index contributed by atoms with van der Waals surface area (Å²) in [6.45, 7) is 4.04. The molecule has 0 radical (unpaired) electrons. The zero-order valence-electron chi connectivity index (χ0n) is 8.22. The Labute approximate surface area is 82.8 Å². The van der Waals surface area contributed by atoms with Crippen LogP contribution in [0.1, 0.15) is 26.7 Å². The van der Waals surface area contributed by atoms with E-state index in [9.17, 15) is 9.59 Å². The second-order valence-electron chi connectivity index (χ2n) is 4.12. The normalized spacial score (nSPS) is 21.9. The van der Waals surface area contributed by atoms with E-state index in [1.165, 1.54) is 11.8 Å². The first-order valence-corrected chi connectivity index (χ1v) is 5.48. The molecular formula is C10H14O2S. The lowest BCUT2D eigenvalue weighted by molar-refractivity contribution is -0.118. The maximum absolute atomic E-state index is 11.6. The van der Waals surface area contributed by atoms with Crippen LogP contribution in [-0.2, 0) is 9.59 Å². The third-order valence-electron chi connectivity index (χ3n) is 2.20. The van der Waals surface area contributed by atoms with Crippen molar-refractivity contribution in [3.63, 3.8) is 0 Å². The van der Waals surface area contributed by atoms with Gasteiger partial charge < -0.3 is 0 Å². The lowest BCUT2D eigenvalue weighted by Crippen LogP contribution is -2.25. The first kappa shape index (κ1) is 10.5. The van der Waals surface area contributed by atoms with Crippen LogP contribution >= 0.6 is 11.8 Å². The zero-order valence-corrected chi connectivity index (χ0v) is 9.03. The molecule has 0 aromatic carbocycles. The van der Waals surface area contributed by atoms with Crippen molar-refractivity contribution >= 4 is 23.8 Å². The van der Waals surface area contributed by atoms with Crippen LogP contribution in [0.2, 0.25) is 0 Å². The Bertz CT molecular complexity index is 277. The van der Waals surface area contributed by atoms with E-state index in [0.29, 0.717) is 16.9 Å². The number of Topliss-reactive ketones (excluding diaryl/α,β-unsaturated/α-hetero) is 1. The van der Waals surface area contributed by atoms with E-state index in [1.54, 1.807) is 0 Å². The molecule has 0 aromatic heterocycles. The molecule has 0 heterocycles. The van der Waals surface area contributed by atoms with Crippen LogP contribution in [0.25, 0.3) is 0 Å². The molecule has 0 bridgehead atoms. The highest BCUT2D eigenvalue weighted by atomic mass is 32.2. The summed E-state index contributed by atoms with van der Waals surface area (Å²) in [7, 11) is 0. The van der Waals surface area contributed by atoms with Gasteiger partial charge in [0.2, 0.25) is 0 Å². The van der Waals surface area contributed by atoms with Gasteiger partial charge in [0, 0.05) is 12.0 Å². The maximum Gasteiger partial charge on any atom is 0.170 e. The van der Waals surface area contributed by atoms with Gasteiger partial charge in [0.1, 0.15) is 6.29 Å². The number of rotatable bonds is 2. The highest BCUT2D eigenvalue weighted by molar-refractivity contribution is 8.03. The van der Waals surface area contributed by atoms with Crippen LogP contribution in [0, 0.1) is 5.41 Å². The third-order valence-corrected chi connectivity index (χ3v) is 3.10. The Morgan fingerprint density at radius 2 is 2.00 bits per heavy atom. The van der Waals surface area contributed by atoms with Crippen molar-refractivity contribution in [3.05, 3.63) is 10.5 Å². The van der Waals surface area contributed by atoms with Crippen LogP contribution in [-0.4, -0.2) is 18.3 Å². The van der Waals surface area contributed by atoms with Gasteiger partial charge in [-0.15, -0.1) is 11.8 Å².